The summed E-state index contributed by atoms with van der Waals surface area (Å²) < 4.78 is 32.5. The molecule has 0 radical (unpaired) electrons. The summed E-state index contributed by atoms with van der Waals surface area (Å²) in [5, 5.41) is 19.3. The minimum atomic E-state index is 0.0235. The van der Waals surface area contributed by atoms with Gasteiger partial charge in [-0.1, -0.05) is 12.1 Å². The monoisotopic (exact) mass is 424 g/mol. The van der Waals surface area contributed by atoms with Crippen molar-refractivity contribution in [3.8, 4) is 11.5 Å². The molecule has 0 heterocycles. The van der Waals surface area contributed by atoms with E-state index in [2.05, 4.69) is 0 Å². The van der Waals surface area contributed by atoms with E-state index in [0.717, 1.165) is 22.3 Å². The molecule has 0 unspecified atom stereocenters. The lowest BCUT2D eigenvalue weighted by Gasteiger charge is -2.10. The lowest BCUT2D eigenvalue weighted by molar-refractivity contribution is 0.0247. The van der Waals surface area contributed by atoms with Crippen LogP contribution in [0.2, 0.25) is 0 Å². The third-order valence-corrected chi connectivity index (χ3v) is 3.99. The van der Waals surface area contributed by atoms with Crippen molar-refractivity contribution in [2.75, 3.05) is 79.3 Å². The average Bonchev–Trinajstić information content (AvgIpc) is 2.77. The first-order valence-electron chi connectivity index (χ1n) is 10.2. The topological polar surface area (TPSA) is 95.8 Å². The van der Waals surface area contributed by atoms with Crippen molar-refractivity contribution in [2.24, 2.45) is 0 Å². The summed E-state index contributed by atoms with van der Waals surface area (Å²) >= 11 is 0. The van der Waals surface area contributed by atoms with Crippen molar-refractivity contribution in [2.45, 2.75) is 0 Å². The maximum absolute atomic E-state index is 8.60. The lowest BCUT2D eigenvalue weighted by Crippen LogP contribution is -2.12. The Hall–Kier alpha value is -1.94. The highest BCUT2D eigenvalue weighted by molar-refractivity contribution is 5.85. The first kappa shape index (κ1) is 24.3. The van der Waals surface area contributed by atoms with Crippen LogP contribution in [-0.2, 0) is 18.9 Å². The van der Waals surface area contributed by atoms with Crippen LogP contribution in [0.25, 0.3) is 10.8 Å². The lowest BCUT2D eigenvalue weighted by atomic mass is 10.1. The highest BCUT2D eigenvalue weighted by atomic mass is 16.6. The molecule has 0 aliphatic rings. The van der Waals surface area contributed by atoms with E-state index >= 15 is 0 Å². The van der Waals surface area contributed by atoms with Gasteiger partial charge in [-0.05, 0) is 35.0 Å². The van der Waals surface area contributed by atoms with E-state index < -0.39 is 0 Å². The van der Waals surface area contributed by atoms with E-state index in [0.29, 0.717) is 66.1 Å². The zero-order valence-electron chi connectivity index (χ0n) is 17.3. The van der Waals surface area contributed by atoms with Crippen LogP contribution in [0.15, 0.2) is 36.4 Å². The largest absolute Gasteiger partial charge is 0.491 e. The van der Waals surface area contributed by atoms with Crippen molar-refractivity contribution in [1.82, 2.24) is 0 Å². The third-order valence-electron chi connectivity index (χ3n) is 3.99. The second-order valence-electron chi connectivity index (χ2n) is 6.26. The fraction of sp³-hybridized carbons (Fsp3) is 0.545. The molecule has 2 rings (SSSR count). The van der Waals surface area contributed by atoms with Crippen molar-refractivity contribution < 1.29 is 38.6 Å². The number of ether oxygens (including phenoxy) is 6. The van der Waals surface area contributed by atoms with Crippen molar-refractivity contribution in [3.05, 3.63) is 36.4 Å². The zero-order valence-corrected chi connectivity index (χ0v) is 17.3. The van der Waals surface area contributed by atoms with Crippen molar-refractivity contribution in [3.63, 3.8) is 0 Å². The first-order valence-corrected chi connectivity index (χ1v) is 10.2. The Bertz CT molecular complexity index is 635. The number of hydrogen-bond donors (Lipinski definition) is 2. The molecule has 0 aliphatic carbocycles. The molecular formula is C22H32O8. The number of rotatable bonds is 18. The SMILES string of the molecule is OCCOCCOCCOc1ccc2cc(OCCOCCOCCO)ccc2c1. The summed E-state index contributed by atoms with van der Waals surface area (Å²) in [6.07, 6.45) is 0. The summed E-state index contributed by atoms with van der Waals surface area (Å²) in [5.74, 6) is 1.57. The average molecular weight is 424 g/mol. The molecule has 0 spiro atoms. The van der Waals surface area contributed by atoms with E-state index in [1.807, 2.05) is 36.4 Å². The van der Waals surface area contributed by atoms with E-state index in [1.54, 1.807) is 0 Å². The van der Waals surface area contributed by atoms with Gasteiger partial charge in [0.1, 0.15) is 24.7 Å². The molecule has 0 saturated heterocycles. The fourth-order valence-electron chi connectivity index (χ4n) is 2.59. The molecule has 0 aromatic heterocycles. The van der Waals surface area contributed by atoms with Crippen LogP contribution in [0.1, 0.15) is 0 Å². The van der Waals surface area contributed by atoms with Gasteiger partial charge in [-0.25, -0.2) is 0 Å². The van der Waals surface area contributed by atoms with Crippen LogP contribution in [0.5, 0.6) is 11.5 Å². The zero-order chi connectivity index (χ0) is 21.3. The molecule has 0 atom stereocenters. The minimum Gasteiger partial charge on any atom is -0.491 e. The summed E-state index contributed by atoms with van der Waals surface area (Å²) in [4.78, 5) is 0. The Labute approximate surface area is 177 Å². The van der Waals surface area contributed by atoms with Gasteiger partial charge >= 0.3 is 0 Å². The quantitative estimate of drug-likeness (QED) is 0.349. The number of hydrogen-bond acceptors (Lipinski definition) is 8. The molecule has 0 bridgehead atoms. The smallest absolute Gasteiger partial charge is 0.120 e. The fourth-order valence-corrected chi connectivity index (χ4v) is 2.59. The van der Waals surface area contributed by atoms with E-state index in [-0.39, 0.29) is 13.2 Å². The maximum Gasteiger partial charge on any atom is 0.120 e. The van der Waals surface area contributed by atoms with Gasteiger partial charge in [0.15, 0.2) is 0 Å². The Morgan fingerprint density at radius 3 is 1.23 bits per heavy atom. The normalized spacial score (nSPS) is 11.1. The number of aliphatic hydroxyl groups excluding tert-OH is 2. The Morgan fingerprint density at radius 1 is 0.467 bits per heavy atom. The highest BCUT2D eigenvalue weighted by Gasteiger charge is 2.01. The van der Waals surface area contributed by atoms with Crippen molar-refractivity contribution in [1.29, 1.82) is 0 Å². The molecule has 2 N–H and O–H groups in total. The molecular weight excluding hydrogens is 392 g/mol. The summed E-state index contributed by atoms with van der Waals surface area (Å²) in [6.45, 7) is 4.46. The van der Waals surface area contributed by atoms with Crippen LogP contribution >= 0.6 is 0 Å². The third kappa shape index (κ3) is 10.2. The van der Waals surface area contributed by atoms with Gasteiger partial charge in [0.25, 0.3) is 0 Å². The van der Waals surface area contributed by atoms with Gasteiger partial charge in [0.2, 0.25) is 0 Å². The maximum atomic E-state index is 8.60. The Morgan fingerprint density at radius 2 is 0.833 bits per heavy atom. The van der Waals surface area contributed by atoms with Gasteiger partial charge in [-0.15, -0.1) is 0 Å². The van der Waals surface area contributed by atoms with Crippen molar-refractivity contribution >= 4 is 10.8 Å². The molecule has 0 fully saturated rings. The molecule has 0 amide bonds. The Balaban J connectivity index is 1.64. The van der Waals surface area contributed by atoms with Crippen LogP contribution in [0, 0.1) is 0 Å². The summed E-state index contributed by atoms with van der Waals surface area (Å²) in [5.41, 5.74) is 0. The van der Waals surface area contributed by atoms with Gasteiger partial charge in [0.05, 0.1) is 66.1 Å². The van der Waals surface area contributed by atoms with Gasteiger partial charge in [-0.2, -0.15) is 0 Å². The Kier molecular flexibility index (Phi) is 12.8. The number of aliphatic hydroxyl groups is 2. The molecule has 30 heavy (non-hydrogen) atoms. The number of benzene rings is 2. The van der Waals surface area contributed by atoms with Gasteiger partial charge in [-0.3, -0.25) is 0 Å². The first-order chi connectivity index (χ1) is 14.8. The van der Waals surface area contributed by atoms with Crippen LogP contribution in [0.3, 0.4) is 0 Å². The van der Waals surface area contributed by atoms with E-state index in [9.17, 15) is 0 Å². The molecule has 0 saturated carbocycles. The molecule has 8 nitrogen and oxygen atoms in total. The van der Waals surface area contributed by atoms with Crippen LogP contribution in [0.4, 0.5) is 0 Å². The molecule has 168 valence electrons. The van der Waals surface area contributed by atoms with Crippen LogP contribution in [-0.4, -0.2) is 89.5 Å². The molecule has 2 aromatic carbocycles. The molecule has 8 heteroatoms. The van der Waals surface area contributed by atoms with E-state index in [4.69, 9.17) is 38.6 Å². The summed E-state index contributed by atoms with van der Waals surface area (Å²) in [6, 6.07) is 11.8. The van der Waals surface area contributed by atoms with Gasteiger partial charge < -0.3 is 38.6 Å². The molecule has 0 aliphatic heterocycles. The van der Waals surface area contributed by atoms with Crippen LogP contribution < -0.4 is 9.47 Å². The summed E-state index contributed by atoms with van der Waals surface area (Å²) in [7, 11) is 0. The highest BCUT2D eigenvalue weighted by Crippen LogP contribution is 2.25. The standard InChI is InChI=1S/C22H32O8/c23-5-7-25-9-11-27-13-15-29-21-3-1-19-17-22(4-2-20(19)18-21)30-16-14-28-12-10-26-8-6-24/h1-4,17-18,23-24H,5-16H2. The van der Waals surface area contributed by atoms with E-state index in [1.165, 1.54) is 0 Å². The predicted octanol–water partition coefficient (Wildman–Crippen LogP) is 1.65. The molecule has 2 aromatic rings. The second-order valence-corrected chi connectivity index (χ2v) is 6.26. The minimum absolute atomic E-state index is 0.0235. The van der Waals surface area contributed by atoms with Gasteiger partial charge in [0, 0.05) is 0 Å². The number of fused-ring (bicyclic) bond motifs is 1. The second kappa shape index (κ2) is 15.8. The predicted molar refractivity (Wildman–Crippen MR) is 112 cm³/mol.